The number of nitrogens with zero attached hydrogens (tertiary/aromatic N) is 1. The lowest BCUT2D eigenvalue weighted by atomic mass is 10.0. The van der Waals surface area contributed by atoms with Gasteiger partial charge in [-0.3, -0.25) is 4.90 Å². The van der Waals surface area contributed by atoms with E-state index in [-0.39, 0.29) is 17.8 Å². The molecule has 7 heteroatoms. The average molecular weight is 429 g/mol. The van der Waals surface area contributed by atoms with Crippen LogP contribution in [0.5, 0.6) is 11.5 Å². The molecule has 1 aliphatic rings. The maximum absolute atomic E-state index is 11.9. The first kappa shape index (κ1) is 23.1. The molecule has 2 unspecified atom stereocenters. The third-order valence-electron chi connectivity index (χ3n) is 5.44. The Labute approximate surface area is 183 Å². The first-order chi connectivity index (χ1) is 15.0. The quantitative estimate of drug-likeness (QED) is 0.418. The molecule has 1 aliphatic heterocycles. The van der Waals surface area contributed by atoms with Crippen molar-refractivity contribution in [1.29, 1.82) is 0 Å². The molecule has 0 amide bonds. The van der Waals surface area contributed by atoms with Gasteiger partial charge >= 0.3 is 5.97 Å². The van der Waals surface area contributed by atoms with Crippen LogP contribution in [0.4, 0.5) is 0 Å². The largest absolute Gasteiger partial charge is 0.508 e. The molecular weight excluding hydrogens is 396 g/mol. The van der Waals surface area contributed by atoms with Crippen LogP contribution in [0.25, 0.3) is 0 Å². The second-order valence-electron chi connectivity index (χ2n) is 7.81. The molecular formula is C24H32N2O5. The average Bonchev–Trinajstić information content (AvgIpc) is 2.78. The fourth-order valence-corrected chi connectivity index (χ4v) is 3.84. The number of aromatic hydroxyl groups is 1. The zero-order chi connectivity index (χ0) is 22.2. The van der Waals surface area contributed by atoms with Gasteiger partial charge in [-0.2, -0.15) is 0 Å². The molecule has 2 aromatic rings. The molecule has 7 nitrogen and oxygen atoms in total. The maximum Gasteiger partial charge on any atom is 0.338 e. The number of nitrogens with one attached hydrogen (secondary N) is 1. The Morgan fingerprint density at radius 2 is 1.77 bits per heavy atom. The van der Waals surface area contributed by atoms with Crippen LogP contribution < -0.4 is 10.1 Å². The Kier molecular flexibility index (Phi) is 8.28. The highest BCUT2D eigenvalue weighted by Gasteiger charge is 2.32. The number of carbonyl (C=O) groups is 1. The minimum Gasteiger partial charge on any atom is -0.508 e. The summed E-state index contributed by atoms with van der Waals surface area (Å²) in [5, 5.41) is 23.5. The molecule has 0 spiro atoms. The second-order valence-corrected chi connectivity index (χ2v) is 7.81. The number of hydrogen-bond donors (Lipinski definition) is 3. The molecule has 31 heavy (non-hydrogen) atoms. The number of benzene rings is 2. The lowest BCUT2D eigenvalue weighted by Crippen LogP contribution is -2.53. The molecule has 2 aromatic carbocycles. The number of phenols is 1. The molecule has 2 atom stereocenters. The molecule has 1 fully saturated rings. The van der Waals surface area contributed by atoms with Crippen LogP contribution in [0.1, 0.15) is 42.6 Å². The normalized spacial score (nSPS) is 16.6. The summed E-state index contributed by atoms with van der Waals surface area (Å²) >= 11 is 0. The third kappa shape index (κ3) is 6.43. The number of piperidine rings is 1. The van der Waals surface area contributed by atoms with Crippen molar-refractivity contribution in [3.63, 3.8) is 0 Å². The van der Waals surface area contributed by atoms with E-state index in [0.29, 0.717) is 24.5 Å². The number of rotatable bonds is 9. The Morgan fingerprint density at radius 3 is 2.35 bits per heavy atom. The van der Waals surface area contributed by atoms with Crippen LogP contribution in [-0.2, 0) is 11.3 Å². The van der Waals surface area contributed by atoms with Crippen LogP contribution in [-0.4, -0.2) is 59.2 Å². The van der Waals surface area contributed by atoms with E-state index in [1.54, 1.807) is 50.2 Å². The van der Waals surface area contributed by atoms with Gasteiger partial charge in [-0.1, -0.05) is 12.1 Å². The van der Waals surface area contributed by atoms with E-state index in [1.165, 1.54) is 0 Å². The molecule has 3 N–H and O–H groups in total. The van der Waals surface area contributed by atoms with E-state index >= 15 is 0 Å². The van der Waals surface area contributed by atoms with E-state index in [1.807, 2.05) is 12.1 Å². The van der Waals surface area contributed by atoms with Gasteiger partial charge in [-0.15, -0.1) is 0 Å². The molecule has 0 aromatic heterocycles. The van der Waals surface area contributed by atoms with Crippen molar-refractivity contribution in [2.45, 2.75) is 51.6 Å². The van der Waals surface area contributed by atoms with Gasteiger partial charge in [0.25, 0.3) is 0 Å². The van der Waals surface area contributed by atoms with Gasteiger partial charge in [0.05, 0.1) is 12.2 Å². The van der Waals surface area contributed by atoms with Gasteiger partial charge in [0.2, 0.25) is 0 Å². The topological polar surface area (TPSA) is 91.3 Å². The first-order valence-corrected chi connectivity index (χ1v) is 10.8. The number of ether oxygens (including phenoxy) is 2. The number of phenolic OH excluding ortho intramolecular Hbond substituents is 1. The Hall–Kier alpha value is -2.61. The number of esters is 1. The SMILES string of the molecule is CCOC(=O)c1ccc(CN(C2CCNCC2)C(Oc2ccc(O)cc2)C(C)O)cc1. The Morgan fingerprint density at radius 1 is 1.13 bits per heavy atom. The van der Waals surface area contributed by atoms with Crippen molar-refractivity contribution in [3.8, 4) is 11.5 Å². The number of aliphatic hydroxyl groups is 1. The van der Waals surface area contributed by atoms with Crippen molar-refractivity contribution in [3.05, 3.63) is 59.7 Å². The number of aliphatic hydroxyl groups excluding tert-OH is 1. The maximum atomic E-state index is 11.9. The number of carbonyl (C=O) groups excluding carboxylic acids is 1. The Bertz CT molecular complexity index is 817. The van der Waals surface area contributed by atoms with Crippen LogP contribution in [0.15, 0.2) is 48.5 Å². The van der Waals surface area contributed by atoms with Crippen LogP contribution >= 0.6 is 0 Å². The summed E-state index contributed by atoms with van der Waals surface area (Å²) in [6.45, 7) is 6.25. The standard InChI is InChI=1S/C24H32N2O5/c1-3-30-24(29)19-6-4-18(5-7-19)16-26(20-12-14-25-15-13-20)23(17(2)27)31-22-10-8-21(28)9-11-22/h4-11,17,20,23,25,27-28H,3,12-16H2,1-2H3. The van der Waals surface area contributed by atoms with Crippen molar-refractivity contribution >= 4 is 5.97 Å². The molecule has 1 saturated heterocycles. The zero-order valence-corrected chi connectivity index (χ0v) is 18.2. The van der Waals surface area contributed by atoms with Gasteiger partial charge in [-0.05, 0) is 81.7 Å². The van der Waals surface area contributed by atoms with Crippen LogP contribution in [0.2, 0.25) is 0 Å². The first-order valence-electron chi connectivity index (χ1n) is 10.8. The zero-order valence-electron chi connectivity index (χ0n) is 18.2. The molecule has 168 valence electrons. The van der Waals surface area contributed by atoms with Gasteiger partial charge in [-0.25, -0.2) is 4.79 Å². The van der Waals surface area contributed by atoms with Crippen molar-refractivity contribution in [2.75, 3.05) is 19.7 Å². The van der Waals surface area contributed by atoms with Gasteiger partial charge in [0.1, 0.15) is 17.6 Å². The summed E-state index contributed by atoms with van der Waals surface area (Å²) in [5.41, 5.74) is 1.54. The van der Waals surface area contributed by atoms with Gasteiger partial charge < -0.3 is 25.0 Å². The molecule has 0 radical (unpaired) electrons. The lowest BCUT2D eigenvalue weighted by molar-refractivity contribution is -0.0868. The van der Waals surface area contributed by atoms with Crippen molar-refractivity contribution < 1.29 is 24.5 Å². The monoisotopic (exact) mass is 428 g/mol. The predicted molar refractivity (Wildman–Crippen MR) is 118 cm³/mol. The minimum atomic E-state index is -0.734. The molecule has 0 aliphatic carbocycles. The fourth-order valence-electron chi connectivity index (χ4n) is 3.84. The summed E-state index contributed by atoms with van der Waals surface area (Å²) < 4.78 is 11.2. The highest BCUT2D eigenvalue weighted by molar-refractivity contribution is 5.89. The minimum absolute atomic E-state index is 0.165. The van der Waals surface area contributed by atoms with Crippen molar-refractivity contribution in [2.24, 2.45) is 0 Å². The molecule has 3 rings (SSSR count). The molecule has 0 saturated carbocycles. The molecule has 0 bridgehead atoms. The number of hydrogen-bond acceptors (Lipinski definition) is 7. The highest BCUT2D eigenvalue weighted by Crippen LogP contribution is 2.25. The summed E-state index contributed by atoms with van der Waals surface area (Å²) in [5.74, 6) is 0.417. The van der Waals surface area contributed by atoms with Gasteiger partial charge in [0.15, 0.2) is 6.23 Å². The summed E-state index contributed by atoms with van der Waals surface area (Å²) in [7, 11) is 0. The van der Waals surface area contributed by atoms with Gasteiger partial charge in [0, 0.05) is 12.6 Å². The van der Waals surface area contributed by atoms with E-state index < -0.39 is 12.3 Å². The third-order valence-corrected chi connectivity index (χ3v) is 5.44. The smallest absolute Gasteiger partial charge is 0.338 e. The van der Waals surface area contributed by atoms with E-state index in [9.17, 15) is 15.0 Å². The molecule has 1 heterocycles. The predicted octanol–water partition coefficient (Wildman–Crippen LogP) is 2.91. The van der Waals surface area contributed by atoms with Crippen LogP contribution in [0.3, 0.4) is 0 Å². The van der Waals surface area contributed by atoms with E-state index in [2.05, 4.69) is 10.2 Å². The Balaban J connectivity index is 1.82. The van der Waals surface area contributed by atoms with E-state index in [4.69, 9.17) is 9.47 Å². The summed E-state index contributed by atoms with van der Waals surface area (Å²) in [6, 6.07) is 14.1. The fraction of sp³-hybridized carbons (Fsp3) is 0.458. The summed E-state index contributed by atoms with van der Waals surface area (Å²) in [6.07, 6.45) is 0.603. The van der Waals surface area contributed by atoms with E-state index in [0.717, 1.165) is 31.5 Å². The van der Waals surface area contributed by atoms with Crippen molar-refractivity contribution in [1.82, 2.24) is 10.2 Å². The van der Waals surface area contributed by atoms with Crippen LogP contribution in [0, 0.1) is 0 Å². The lowest BCUT2D eigenvalue weighted by Gasteiger charge is -2.41. The second kappa shape index (κ2) is 11.1. The summed E-state index contributed by atoms with van der Waals surface area (Å²) in [4.78, 5) is 14.1. The highest BCUT2D eigenvalue weighted by atomic mass is 16.5.